The normalized spacial score (nSPS) is 10.2. The highest BCUT2D eigenvalue weighted by Crippen LogP contribution is 2.36. The molecule has 0 radical (unpaired) electrons. The Morgan fingerprint density at radius 1 is 1.20 bits per heavy atom. The Balaban J connectivity index is 2.33. The van der Waals surface area contributed by atoms with Crippen molar-refractivity contribution in [2.75, 3.05) is 14.2 Å². The maximum absolute atomic E-state index is 11.3. The lowest BCUT2D eigenvalue weighted by atomic mass is 10.0. The van der Waals surface area contributed by atoms with Gasteiger partial charge in [-0.05, 0) is 23.3 Å². The minimum absolute atomic E-state index is 0.00641. The fourth-order valence-corrected chi connectivity index (χ4v) is 2.29. The van der Waals surface area contributed by atoms with Crippen LogP contribution in [-0.2, 0) is 11.2 Å². The van der Waals surface area contributed by atoms with E-state index < -0.39 is 0 Å². The van der Waals surface area contributed by atoms with Gasteiger partial charge in [0, 0.05) is 12.6 Å². The Hall–Kier alpha value is -2.00. The SMILES string of the molecule is CNC(=O)Cc1ccc(-c2c(Cl)cccc2OC)cc1. The summed E-state index contributed by atoms with van der Waals surface area (Å²) in [5, 5.41) is 3.25. The van der Waals surface area contributed by atoms with Crippen LogP contribution < -0.4 is 10.1 Å². The highest BCUT2D eigenvalue weighted by Gasteiger charge is 2.10. The van der Waals surface area contributed by atoms with Crippen LogP contribution in [0.3, 0.4) is 0 Å². The molecule has 20 heavy (non-hydrogen) atoms. The second-order valence-corrected chi connectivity index (χ2v) is 4.77. The van der Waals surface area contributed by atoms with Gasteiger partial charge >= 0.3 is 0 Å². The van der Waals surface area contributed by atoms with E-state index in [1.807, 2.05) is 42.5 Å². The Kier molecular flexibility index (Phi) is 4.64. The van der Waals surface area contributed by atoms with E-state index in [1.165, 1.54) is 0 Å². The monoisotopic (exact) mass is 289 g/mol. The highest BCUT2D eigenvalue weighted by atomic mass is 35.5. The molecule has 0 saturated carbocycles. The average molecular weight is 290 g/mol. The number of hydrogen-bond donors (Lipinski definition) is 1. The van der Waals surface area contributed by atoms with Crippen LogP contribution in [0.5, 0.6) is 5.75 Å². The van der Waals surface area contributed by atoms with E-state index >= 15 is 0 Å². The standard InChI is InChI=1S/C16H16ClNO2/c1-18-15(19)10-11-6-8-12(9-7-11)16-13(17)4-3-5-14(16)20-2/h3-9H,10H2,1-2H3,(H,18,19). The van der Waals surface area contributed by atoms with Gasteiger partial charge in [0.25, 0.3) is 0 Å². The maximum Gasteiger partial charge on any atom is 0.224 e. The third kappa shape index (κ3) is 3.11. The Labute approximate surface area is 123 Å². The van der Waals surface area contributed by atoms with Gasteiger partial charge in [-0.15, -0.1) is 0 Å². The molecule has 2 aromatic rings. The number of carbonyl (C=O) groups excluding carboxylic acids is 1. The molecule has 0 aliphatic heterocycles. The first-order valence-electron chi connectivity index (χ1n) is 6.28. The molecule has 0 atom stereocenters. The molecule has 3 nitrogen and oxygen atoms in total. The number of amides is 1. The van der Waals surface area contributed by atoms with E-state index in [9.17, 15) is 4.79 Å². The molecule has 1 N–H and O–H groups in total. The molecular formula is C16H16ClNO2. The molecule has 0 bridgehead atoms. The molecule has 0 heterocycles. The minimum atomic E-state index is -0.00641. The lowest BCUT2D eigenvalue weighted by molar-refractivity contribution is -0.119. The smallest absolute Gasteiger partial charge is 0.224 e. The molecular weight excluding hydrogens is 274 g/mol. The lowest BCUT2D eigenvalue weighted by Crippen LogP contribution is -2.19. The van der Waals surface area contributed by atoms with Crippen molar-refractivity contribution in [3.63, 3.8) is 0 Å². The third-order valence-corrected chi connectivity index (χ3v) is 3.40. The number of benzene rings is 2. The summed E-state index contributed by atoms with van der Waals surface area (Å²) >= 11 is 6.25. The van der Waals surface area contributed by atoms with Crippen LogP contribution in [0.15, 0.2) is 42.5 Å². The maximum atomic E-state index is 11.3. The van der Waals surface area contributed by atoms with Gasteiger partial charge < -0.3 is 10.1 Å². The zero-order chi connectivity index (χ0) is 14.5. The summed E-state index contributed by atoms with van der Waals surface area (Å²) in [5.74, 6) is 0.727. The second kappa shape index (κ2) is 6.44. The van der Waals surface area contributed by atoms with Crippen molar-refractivity contribution in [2.45, 2.75) is 6.42 Å². The predicted octanol–water partition coefficient (Wildman–Crippen LogP) is 3.30. The molecule has 104 valence electrons. The quantitative estimate of drug-likeness (QED) is 0.938. The van der Waals surface area contributed by atoms with Crippen molar-refractivity contribution in [2.24, 2.45) is 0 Å². The Bertz CT molecular complexity index is 608. The Morgan fingerprint density at radius 2 is 1.90 bits per heavy atom. The van der Waals surface area contributed by atoms with E-state index in [-0.39, 0.29) is 5.91 Å². The number of hydrogen-bond acceptors (Lipinski definition) is 2. The fraction of sp³-hybridized carbons (Fsp3) is 0.188. The fourth-order valence-electron chi connectivity index (χ4n) is 2.02. The van der Waals surface area contributed by atoms with E-state index in [4.69, 9.17) is 16.3 Å². The van der Waals surface area contributed by atoms with E-state index in [1.54, 1.807) is 14.2 Å². The van der Waals surface area contributed by atoms with Gasteiger partial charge in [0.05, 0.1) is 18.6 Å². The zero-order valence-corrected chi connectivity index (χ0v) is 12.2. The minimum Gasteiger partial charge on any atom is -0.496 e. The van der Waals surface area contributed by atoms with Gasteiger partial charge in [0.2, 0.25) is 5.91 Å². The van der Waals surface area contributed by atoms with Crippen LogP contribution in [-0.4, -0.2) is 20.1 Å². The summed E-state index contributed by atoms with van der Waals surface area (Å²) in [6.45, 7) is 0. The second-order valence-electron chi connectivity index (χ2n) is 4.36. The number of nitrogens with one attached hydrogen (secondary N) is 1. The molecule has 0 saturated heterocycles. The molecule has 0 spiro atoms. The highest BCUT2D eigenvalue weighted by molar-refractivity contribution is 6.33. The number of methoxy groups -OCH3 is 1. The predicted molar refractivity (Wildman–Crippen MR) is 81.2 cm³/mol. The van der Waals surface area contributed by atoms with Gasteiger partial charge in [-0.3, -0.25) is 4.79 Å². The van der Waals surface area contributed by atoms with Crippen molar-refractivity contribution < 1.29 is 9.53 Å². The molecule has 0 unspecified atom stereocenters. The number of likely N-dealkylation sites (N-methyl/N-ethyl adjacent to an activating group) is 1. The van der Waals surface area contributed by atoms with Crippen molar-refractivity contribution in [1.82, 2.24) is 5.32 Å². The van der Waals surface area contributed by atoms with Crippen molar-refractivity contribution in [1.29, 1.82) is 0 Å². The number of ether oxygens (including phenoxy) is 1. The van der Waals surface area contributed by atoms with E-state index in [2.05, 4.69) is 5.32 Å². The van der Waals surface area contributed by atoms with Gasteiger partial charge in [-0.2, -0.15) is 0 Å². The summed E-state index contributed by atoms with van der Waals surface area (Å²) in [7, 11) is 3.25. The summed E-state index contributed by atoms with van der Waals surface area (Å²) in [5.41, 5.74) is 2.79. The number of rotatable bonds is 4. The van der Waals surface area contributed by atoms with Gasteiger partial charge in [-0.25, -0.2) is 0 Å². The topological polar surface area (TPSA) is 38.3 Å². The van der Waals surface area contributed by atoms with Crippen molar-refractivity contribution in [3.05, 3.63) is 53.1 Å². The zero-order valence-electron chi connectivity index (χ0n) is 11.4. The summed E-state index contributed by atoms with van der Waals surface area (Å²) in [6, 6.07) is 13.3. The molecule has 2 aromatic carbocycles. The van der Waals surface area contributed by atoms with Crippen molar-refractivity contribution in [3.8, 4) is 16.9 Å². The van der Waals surface area contributed by atoms with Crippen LogP contribution in [0.4, 0.5) is 0 Å². The van der Waals surface area contributed by atoms with Gasteiger partial charge in [0.1, 0.15) is 5.75 Å². The first-order chi connectivity index (χ1) is 9.65. The largest absolute Gasteiger partial charge is 0.496 e. The molecule has 1 amide bonds. The summed E-state index contributed by atoms with van der Waals surface area (Å²) in [6.07, 6.45) is 0.371. The van der Waals surface area contributed by atoms with Crippen LogP contribution in [0.2, 0.25) is 5.02 Å². The molecule has 0 fully saturated rings. The van der Waals surface area contributed by atoms with Gasteiger partial charge in [0.15, 0.2) is 0 Å². The number of halogens is 1. The van der Waals surface area contributed by atoms with E-state index in [0.29, 0.717) is 11.4 Å². The van der Waals surface area contributed by atoms with Gasteiger partial charge in [-0.1, -0.05) is 41.9 Å². The lowest BCUT2D eigenvalue weighted by Gasteiger charge is -2.11. The third-order valence-electron chi connectivity index (χ3n) is 3.08. The first kappa shape index (κ1) is 14.4. The Morgan fingerprint density at radius 3 is 2.50 bits per heavy atom. The molecule has 0 aliphatic carbocycles. The van der Waals surface area contributed by atoms with Crippen LogP contribution >= 0.6 is 11.6 Å². The van der Waals surface area contributed by atoms with Crippen LogP contribution in [0.1, 0.15) is 5.56 Å². The number of carbonyl (C=O) groups is 1. The average Bonchev–Trinajstić information content (AvgIpc) is 2.48. The van der Waals surface area contributed by atoms with Crippen LogP contribution in [0, 0.1) is 0 Å². The molecule has 0 aromatic heterocycles. The summed E-state index contributed by atoms with van der Waals surface area (Å²) < 4.78 is 5.34. The molecule has 0 aliphatic rings. The van der Waals surface area contributed by atoms with Crippen molar-refractivity contribution >= 4 is 17.5 Å². The molecule has 2 rings (SSSR count). The van der Waals surface area contributed by atoms with E-state index in [0.717, 1.165) is 22.4 Å². The summed E-state index contributed by atoms with van der Waals surface area (Å²) in [4.78, 5) is 11.3. The van der Waals surface area contributed by atoms with Crippen LogP contribution in [0.25, 0.3) is 11.1 Å². The first-order valence-corrected chi connectivity index (χ1v) is 6.66. The molecule has 4 heteroatoms.